The van der Waals surface area contributed by atoms with Gasteiger partial charge < -0.3 is 4.98 Å². The van der Waals surface area contributed by atoms with Gasteiger partial charge in [0.25, 0.3) is 0 Å². The lowest BCUT2D eigenvalue weighted by Crippen LogP contribution is -2.01. The van der Waals surface area contributed by atoms with Gasteiger partial charge in [-0.15, -0.1) is 0 Å². The van der Waals surface area contributed by atoms with Gasteiger partial charge in [0, 0.05) is 30.4 Å². The van der Waals surface area contributed by atoms with Crippen LogP contribution in [0.3, 0.4) is 0 Å². The first-order chi connectivity index (χ1) is 15.1. The Morgan fingerprint density at radius 2 is 2.00 bits per heavy atom. The van der Waals surface area contributed by atoms with Gasteiger partial charge in [-0.25, -0.2) is 18.9 Å². The Kier molecular flexibility index (Phi) is 4.82. The number of halogens is 1. The van der Waals surface area contributed by atoms with Gasteiger partial charge in [0.2, 0.25) is 0 Å². The van der Waals surface area contributed by atoms with Gasteiger partial charge in [-0.1, -0.05) is 12.1 Å². The van der Waals surface area contributed by atoms with Crippen molar-refractivity contribution in [2.45, 2.75) is 32.7 Å². The highest BCUT2D eigenvalue weighted by molar-refractivity contribution is 5.76. The van der Waals surface area contributed by atoms with E-state index in [4.69, 9.17) is 10.1 Å². The van der Waals surface area contributed by atoms with E-state index < -0.39 is 0 Å². The summed E-state index contributed by atoms with van der Waals surface area (Å²) in [5, 5.41) is 8.96. The molecule has 4 aromatic heterocycles. The zero-order valence-corrected chi connectivity index (χ0v) is 17.3. The third-order valence-electron chi connectivity index (χ3n) is 5.23. The van der Waals surface area contributed by atoms with Crippen molar-refractivity contribution in [2.24, 2.45) is 0 Å². The van der Waals surface area contributed by atoms with Crippen molar-refractivity contribution in [1.29, 1.82) is 0 Å². The third-order valence-corrected chi connectivity index (χ3v) is 5.23. The molecule has 156 valence electrons. The normalized spacial score (nSPS) is 11.6. The minimum Gasteiger partial charge on any atom is -0.340 e. The number of nitrogens with zero attached hydrogens (tertiary/aromatic N) is 6. The van der Waals surface area contributed by atoms with E-state index in [9.17, 15) is 4.39 Å². The Bertz CT molecular complexity index is 1340. The van der Waals surface area contributed by atoms with Gasteiger partial charge >= 0.3 is 0 Å². The van der Waals surface area contributed by atoms with Gasteiger partial charge in [-0.05, 0) is 56.2 Å². The number of hydrogen-bond donors (Lipinski definition) is 1. The van der Waals surface area contributed by atoms with Crippen LogP contribution in [0.25, 0.3) is 28.3 Å². The van der Waals surface area contributed by atoms with Crippen LogP contribution in [0.15, 0.2) is 61.2 Å². The molecular formula is C23H22FN7. The number of benzene rings is 1. The molecule has 0 amide bonds. The highest BCUT2D eigenvalue weighted by atomic mass is 19.1. The maximum absolute atomic E-state index is 13.5. The highest BCUT2D eigenvalue weighted by Crippen LogP contribution is 2.30. The molecular weight excluding hydrogens is 393 g/mol. The molecule has 0 aliphatic carbocycles. The standard InChI is InChI=1S/C23H22FN7/c1-15(2)30-11-10-19(29-30)23-22(17-7-9-21-25-14-26-31(21)13-17)27-20(28-23)8-6-16-4-3-5-18(24)12-16/h3-5,7,9-15H,6,8H2,1-2H3,(H,27,28). The predicted molar refractivity (Wildman–Crippen MR) is 116 cm³/mol. The maximum Gasteiger partial charge on any atom is 0.155 e. The summed E-state index contributed by atoms with van der Waals surface area (Å²) in [6.07, 6.45) is 6.76. The number of rotatable bonds is 6. The van der Waals surface area contributed by atoms with Crippen LogP contribution < -0.4 is 0 Å². The van der Waals surface area contributed by atoms with Crippen molar-refractivity contribution in [1.82, 2.24) is 34.3 Å². The summed E-state index contributed by atoms with van der Waals surface area (Å²) >= 11 is 0. The van der Waals surface area contributed by atoms with Gasteiger partial charge in [0.15, 0.2) is 5.65 Å². The first-order valence-electron chi connectivity index (χ1n) is 10.3. The molecule has 31 heavy (non-hydrogen) atoms. The largest absolute Gasteiger partial charge is 0.340 e. The maximum atomic E-state index is 13.5. The molecule has 0 saturated heterocycles. The van der Waals surface area contributed by atoms with Crippen LogP contribution in [0.4, 0.5) is 4.39 Å². The lowest BCUT2D eigenvalue weighted by molar-refractivity contribution is 0.534. The van der Waals surface area contributed by atoms with E-state index in [-0.39, 0.29) is 11.9 Å². The quantitative estimate of drug-likeness (QED) is 0.443. The monoisotopic (exact) mass is 415 g/mol. The number of aromatic nitrogens is 7. The Morgan fingerprint density at radius 3 is 2.81 bits per heavy atom. The number of H-pyrrole nitrogens is 1. The smallest absolute Gasteiger partial charge is 0.155 e. The van der Waals surface area contributed by atoms with Crippen molar-refractivity contribution in [2.75, 3.05) is 0 Å². The molecule has 1 N–H and O–H groups in total. The van der Waals surface area contributed by atoms with E-state index in [0.29, 0.717) is 12.8 Å². The molecule has 0 unspecified atom stereocenters. The highest BCUT2D eigenvalue weighted by Gasteiger charge is 2.18. The van der Waals surface area contributed by atoms with Gasteiger partial charge in [0.1, 0.15) is 23.7 Å². The van der Waals surface area contributed by atoms with E-state index in [1.54, 1.807) is 16.6 Å². The van der Waals surface area contributed by atoms with Crippen molar-refractivity contribution >= 4 is 5.65 Å². The first kappa shape index (κ1) is 19.2. The molecule has 8 heteroatoms. The number of pyridine rings is 1. The first-order valence-corrected chi connectivity index (χ1v) is 10.3. The van der Waals surface area contributed by atoms with Crippen LogP contribution in [0, 0.1) is 5.82 Å². The van der Waals surface area contributed by atoms with Crippen LogP contribution in [-0.2, 0) is 12.8 Å². The van der Waals surface area contributed by atoms with Crippen molar-refractivity contribution in [3.05, 3.63) is 78.4 Å². The number of hydrogen-bond acceptors (Lipinski definition) is 4. The lowest BCUT2D eigenvalue weighted by atomic mass is 10.1. The number of imidazole rings is 1. The molecule has 7 nitrogen and oxygen atoms in total. The van der Waals surface area contributed by atoms with E-state index >= 15 is 0 Å². The Balaban J connectivity index is 1.53. The van der Waals surface area contributed by atoms with Crippen LogP contribution in [0.2, 0.25) is 0 Å². The van der Waals surface area contributed by atoms with Crippen LogP contribution in [-0.4, -0.2) is 34.3 Å². The summed E-state index contributed by atoms with van der Waals surface area (Å²) < 4.78 is 17.2. The van der Waals surface area contributed by atoms with Gasteiger partial charge in [-0.2, -0.15) is 10.2 Å². The summed E-state index contributed by atoms with van der Waals surface area (Å²) in [5.74, 6) is 0.603. The Labute approximate surface area is 178 Å². The fraction of sp³-hybridized carbons (Fsp3) is 0.217. The summed E-state index contributed by atoms with van der Waals surface area (Å²) in [4.78, 5) is 12.5. The molecule has 0 bridgehead atoms. The second-order valence-corrected chi connectivity index (χ2v) is 7.79. The zero-order valence-electron chi connectivity index (χ0n) is 17.3. The van der Waals surface area contributed by atoms with Crippen LogP contribution in [0.1, 0.15) is 31.3 Å². The fourth-order valence-electron chi connectivity index (χ4n) is 3.61. The molecule has 0 aliphatic heterocycles. The molecule has 0 saturated carbocycles. The summed E-state index contributed by atoms with van der Waals surface area (Å²) in [5.41, 5.74) is 5.12. The SMILES string of the molecule is CC(C)n1ccc(-c2[nH]c(CCc3cccc(F)c3)nc2-c2ccc3ncnn3c2)n1. The Hall–Kier alpha value is -3.81. The van der Waals surface area contributed by atoms with Crippen LogP contribution in [0.5, 0.6) is 0 Å². The molecule has 4 heterocycles. The average Bonchev–Trinajstić information content (AvgIpc) is 3.50. The van der Waals surface area contributed by atoms with Crippen LogP contribution >= 0.6 is 0 Å². The minimum absolute atomic E-state index is 0.223. The Morgan fingerprint density at radius 1 is 1.10 bits per heavy atom. The number of aryl methyl sites for hydroxylation is 2. The predicted octanol–water partition coefficient (Wildman–Crippen LogP) is 4.49. The van der Waals surface area contributed by atoms with Gasteiger partial charge in [0.05, 0.1) is 11.4 Å². The topological polar surface area (TPSA) is 76.7 Å². The summed E-state index contributed by atoms with van der Waals surface area (Å²) in [6, 6.07) is 12.8. The second kappa shape index (κ2) is 7.79. The zero-order chi connectivity index (χ0) is 21.4. The number of nitrogens with one attached hydrogen (secondary N) is 1. The third kappa shape index (κ3) is 3.84. The number of fused-ring (bicyclic) bond motifs is 1. The van der Waals surface area contributed by atoms with Crippen molar-refractivity contribution in [3.63, 3.8) is 0 Å². The summed E-state index contributed by atoms with van der Waals surface area (Å²) in [7, 11) is 0. The molecule has 0 fully saturated rings. The average molecular weight is 415 g/mol. The van der Waals surface area contributed by atoms with E-state index in [1.165, 1.54) is 12.4 Å². The molecule has 5 aromatic rings. The molecule has 0 atom stereocenters. The van der Waals surface area contributed by atoms with E-state index in [0.717, 1.165) is 39.7 Å². The lowest BCUT2D eigenvalue weighted by Gasteiger charge is -2.04. The van der Waals surface area contributed by atoms with E-state index in [2.05, 4.69) is 28.9 Å². The molecule has 5 rings (SSSR count). The molecule has 0 spiro atoms. The van der Waals surface area contributed by atoms with Gasteiger partial charge in [-0.3, -0.25) is 4.68 Å². The fourth-order valence-corrected chi connectivity index (χ4v) is 3.61. The minimum atomic E-state index is -0.223. The molecule has 1 aromatic carbocycles. The molecule has 0 radical (unpaired) electrons. The number of aromatic amines is 1. The van der Waals surface area contributed by atoms with Crippen molar-refractivity contribution in [3.8, 4) is 22.6 Å². The van der Waals surface area contributed by atoms with Crippen molar-refractivity contribution < 1.29 is 4.39 Å². The second-order valence-electron chi connectivity index (χ2n) is 7.79. The summed E-state index contributed by atoms with van der Waals surface area (Å²) in [6.45, 7) is 4.18. The van der Waals surface area contributed by atoms with E-state index in [1.807, 2.05) is 41.3 Å². The molecule has 0 aliphatic rings.